The Hall–Kier alpha value is -3.82. The summed E-state index contributed by atoms with van der Waals surface area (Å²) in [6, 6.07) is 10.9. The van der Waals surface area contributed by atoms with E-state index < -0.39 is 16.1 Å². The van der Waals surface area contributed by atoms with Crippen LogP contribution in [0, 0.1) is 5.41 Å². The van der Waals surface area contributed by atoms with Gasteiger partial charge in [-0.2, -0.15) is 8.42 Å². The number of ether oxygens (including phenoxy) is 1. The molecule has 50 heavy (non-hydrogen) atoms. The van der Waals surface area contributed by atoms with Crippen molar-refractivity contribution in [2.24, 2.45) is 5.41 Å². The summed E-state index contributed by atoms with van der Waals surface area (Å²) in [7, 11) is 1.58. The first-order valence-corrected chi connectivity index (χ1v) is 19.1. The fraction of sp³-hybridized carbons (Fsp3) is 0.488. The molecular weight excluding hydrogens is 649 g/mol. The second-order valence-electron chi connectivity index (χ2n) is 12.7. The Morgan fingerprint density at radius 3 is 2.00 bits per heavy atom. The van der Waals surface area contributed by atoms with Crippen LogP contribution in [0.5, 0.6) is 5.75 Å². The summed E-state index contributed by atoms with van der Waals surface area (Å²) in [5, 5.41) is 10.5. The third kappa shape index (κ3) is 18.8. The van der Waals surface area contributed by atoms with Gasteiger partial charge in [0.15, 0.2) is 0 Å². The fourth-order valence-electron chi connectivity index (χ4n) is 4.03. The molecule has 3 rings (SSSR count). The van der Waals surface area contributed by atoms with Crippen molar-refractivity contribution in [1.29, 1.82) is 0 Å². The van der Waals surface area contributed by atoms with Gasteiger partial charge >= 0.3 is 0 Å². The smallest absolute Gasteiger partial charge is 0.300 e. The average Bonchev–Trinajstić information content (AvgIpc) is 3.05. The third-order valence-electron chi connectivity index (χ3n) is 6.78. The van der Waals surface area contributed by atoms with Gasteiger partial charge in [-0.3, -0.25) is 9.35 Å². The number of hydrogen-bond donors (Lipinski definition) is 3. The second kappa shape index (κ2) is 25.2. The van der Waals surface area contributed by atoms with E-state index in [1.807, 2.05) is 53.1 Å². The van der Waals surface area contributed by atoms with E-state index in [4.69, 9.17) is 14.6 Å². The minimum atomic E-state index is -4.25. The molecule has 2 aromatic carbocycles. The van der Waals surface area contributed by atoms with Crippen molar-refractivity contribution in [2.45, 2.75) is 113 Å². The summed E-state index contributed by atoms with van der Waals surface area (Å²) >= 11 is 0. The summed E-state index contributed by atoms with van der Waals surface area (Å²) in [5.74, 6) is 1.00. The van der Waals surface area contributed by atoms with E-state index >= 15 is 0 Å². The van der Waals surface area contributed by atoms with Crippen molar-refractivity contribution in [1.82, 2.24) is 0 Å². The molecule has 1 aliphatic heterocycles. The molecule has 282 valence electrons. The van der Waals surface area contributed by atoms with E-state index in [1.165, 1.54) is 31.4 Å². The Bertz CT molecular complexity index is 1510. The van der Waals surface area contributed by atoms with E-state index in [2.05, 4.69) is 95.1 Å². The number of carbonyl (C=O) groups is 1. The number of benzene rings is 2. The predicted octanol–water partition coefficient (Wildman–Crippen LogP) is 11.4. The van der Waals surface area contributed by atoms with E-state index in [-0.39, 0.29) is 16.2 Å². The maximum absolute atomic E-state index is 11.6. The van der Waals surface area contributed by atoms with Crippen LogP contribution < -0.4 is 15.0 Å². The lowest BCUT2D eigenvalue weighted by molar-refractivity contribution is -0.134. The topological polar surface area (TPSA) is 116 Å². The van der Waals surface area contributed by atoms with Crippen LogP contribution in [0.25, 0.3) is 5.57 Å². The number of allylic oxidation sites excluding steroid dienone is 8. The van der Waals surface area contributed by atoms with E-state index in [9.17, 15) is 13.0 Å². The standard InChI is InChI=1S/C30H38N2O4S.C4H10.C3H8.C2H4O2.C2H6/c1-21(26-20-24(37(33,34)35)15-17-27(26)31-5)12-10-8-9-11-13-22-18-29(30(2,3)4)36-28-19-23(32(6)7)14-16-25(22)28;1-3-4-2;1-3-2;1-2(3)4;1-2/h8-11,13-21,31H,12H2,1-7H3,(H,33,34,35);3-4H2,1-2H3;3H2,1-2H3;1H3,(H,3,4);1-2H3/b10-8+,11-9+,22-13+;;;;. The number of hydrogen-bond acceptors (Lipinski definition) is 6. The van der Waals surface area contributed by atoms with Crippen LogP contribution in [0.4, 0.5) is 11.4 Å². The number of carboxylic acid groups (broad SMARTS) is 1. The number of fused-ring (bicyclic) bond motifs is 1. The van der Waals surface area contributed by atoms with Gasteiger partial charge in [-0.1, -0.05) is 119 Å². The van der Waals surface area contributed by atoms with Crippen LogP contribution in [0.15, 0.2) is 83.5 Å². The van der Waals surface area contributed by atoms with Crippen molar-refractivity contribution < 1.29 is 27.6 Å². The van der Waals surface area contributed by atoms with Crippen LogP contribution in [-0.4, -0.2) is 45.2 Å². The van der Waals surface area contributed by atoms with Crippen molar-refractivity contribution >= 4 is 33.0 Å². The number of anilines is 2. The highest BCUT2D eigenvalue weighted by Crippen LogP contribution is 2.41. The lowest BCUT2D eigenvalue weighted by Gasteiger charge is -2.29. The molecule has 9 heteroatoms. The second-order valence-corrected chi connectivity index (χ2v) is 14.1. The Morgan fingerprint density at radius 1 is 0.980 bits per heavy atom. The van der Waals surface area contributed by atoms with Gasteiger partial charge in [0.1, 0.15) is 11.5 Å². The van der Waals surface area contributed by atoms with Gasteiger partial charge in [-0.15, -0.1) is 0 Å². The fourth-order valence-corrected chi connectivity index (χ4v) is 4.55. The van der Waals surface area contributed by atoms with Gasteiger partial charge in [0.25, 0.3) is 16.1 Å². The molecule has 1 unspecified atom stereocenters. The number of carboxylic acids is 1. The van der Waals surface area contributed by atoms with Gasteiger partial charge in [-0.25, -0.2) is 0 Å². The minimum absolute atomic E-state index is 0.0534. The Labute approximate surface area is 304 Å². The van der Waals surface area contributed by atoms with Gasteiger partial charge < -0.3 is 20.1 Å². The third-order valence-corrected chi connectivity index (χ3v) is 7.63. The van der Waals surface area contributed by atoms with Crippen LogP contribution in [0.1, 0.15) is 119 Å². The molecule has 0 radical (unpaired) electrons. The molecule has 0 spiro atoms. The lowest BCUT2D eigenvalue weighted by atomic mass is 9.89. The van der Waals surface area contributed by atoms with Crippen molar-refractivity contribution in [3.63, 3.8) is 0 Å². The molecule has 1 heterocycles. The zero-order valence-electron chi connectivity index (χ0n) is 33.2. The zero-order chi connectivity index (χ0) is 39.1. The zero-order valence-corrected chi connectivity index (χ0v) is 34.0. The number of rotatable bonds is 9. The SMILES string of the molecule is CC.CC(=O)O.CCC.CCCC.CNc1ccc(S(=O)(=O)O)cc1C(C)C/C=C/C=C/C=C1\C=C(C(C)(C)C)Oc2cc(N(C)C)ccc21. The number of aliphatic carboxylic acids is 1. The van der Waals surface area contributed by atoms with E-state index in [0.717, 1.165) is 46.5 Å². The molecule has 1 atom stereocenters. The summed E-state index contributed by atoms with van der Waals surface area (Å²) < 4.78 is 38.8. The highest BCUT2D eigenvalue weighted by Gasteiger charge is 2.26. The van der Waals surface area contributed by atoms with Crippen LogP contribution in [0.2, 0.25) is 0 Å². The maximum atomic E-state index is 11.6. The van der Waals surface area contributed by atoms with Gasteiger partial charge in [-0.05, 0) is 59.9 Å². The molecule has 0 bridgehead atoms. The van der Waals surface area contributed by atoms with Gasteiger partial charge in [0.2, 0.25) is 0 Å². The minimum Gasteiger partial charge on any atom is -0.481 e. The quantitative estimate of drug-likeness (QED) is 0.174. The van der Waals surface area contributed by atoms with Crippen LogP contribution in [0.3, 0.4) is 0 Å². The Balaban J connectivity index is 0. The Kier molecular flexibility index (Phi) is 24.3. The molecule has 0 aromatic heterocycles. The molecule has 1 aliphatic rings. The largest absolute Gasteiger partial charge is 0.481 e. The monoisotopic (exact) mass is 714 g/mol. The number of unbranched alkanes of at least 4 members (excludes halogenated alkanes) is 1. The molecule has 3 N–H and O–H groups in total. The summed E-state index contributed by atoms with van der Waals surface area (Å²) in [5.41, 5.74) is 4.79. The first-order chi connectivity index (χ1) is 23.4. The molecule has 8 nitrogen and oxygen atoms in total. The van der Waals surface area contributed by atoms with E-state index in [1.54, 1.807) is 13.1 Å². The Morgan fingerprint density at radius 2 is 1.54 bits per heavy atom. The van der Waals surface area contributed by atoms with Crippen molar-refractivity contribution in [2.75, 3.05) is 31.4 Å². The van der Waals surface area contributed by atoms with Crippen molar-refractivity contribution in [3.8, 4) is 5.75 Å². The first-order valence-electron chi connectivity index (χ1n) is 17.6. The molecular formula is C41H66N2O6S. The molecule has 2 aromatic rings. The van der Waals surface area contributed by atoms with Crippen LogP contribution >= 0.6 is 0 Å². The molecule has 0 saturated carbocycles. The highest BCUT2D eigenvalue weighted by atomic mass is 32.2. The number of nitrogens with one attached hydrogen (secondary N) is 1. The molecule has 0 amide bonds. The molecule has 0 fully saturated rings. The summed E-state index contributed by atoms with van der Waals surface area (Å²) in [6.45, 7) is 22.1. The normalized spacial score (nSPS) is 13.4. The molecule has 0 saturated heterocycles. The van der Waals surface area contributed by atoms with Gasteiger partial charge in [0, 0.05) is 56.5 Å². The van der Waals surface area contributed by atoms with Crippen LogP contribution in [-0.2, 0) is 14.9 Å². The summed E-state index contributed by atoms with van der Waals surface area (Å²) in [4.78, 5) is 11.0. The van der Waals surface area contributed by atoms with E-state index in [0.29, 0.717) is 6.42 Å². The number of nitrogens with zero attached hydrogens (tertiary/aromatic N) is 1. The highest BCUT2D eigenvalue weighted by molar-refractivity contribution is 7.85. The summed E-state index contributed by atoms with van der Waals surface area (Å²) in [6.07, 6.45) is 16.8. The van der Waals surface area contributed by atoms with Gasteiger partial charge in [0.05, 0.1) is 4.90 Å². The van der Waals surface area contributed by atoms with Crippen molar-refractivity contribution in [3.05, 3.63) is 89.7 Å². The average molecular weight is 715 g/mol. The lowest BCUT2D eigenvalue weighted by Crippen LogP contribution is -2.18. The maximum Gasteiger partial charge on any atom is 0.300 e. The predicted molar refractivity (Wildman–Crippen MR) is 215 cm³/mol. The molecule has 0 aliphatic carbocycles. The first kappa shape index (κ1) is 48.3.